The Kier molecular flexibility index (Phi) is 4.06. The van der Waals surface area contributed by atoms with E-state index in [4.69, 9.17) is 4.52 Å². The van der Waals surface area contributed by atoms with Gasteiger partial charge in [0.25, 0.3) is 0 Å². The Bertz CT molecular complexity index is 313. The predicted octanol–water partition coefficient (Wildman–Crippen LogP) is 0.947. The number of hydrogen-bond donors (Lipinski definition) is 1. The lowest BCUT2D eigenvalue weighted by atomic mass is 10.3. The molecule has 0 saturated carbocycles. The summed E-state index contributed by atoms with van der Waals surface area (Å²) in [6.45, 7) is 3.76. The van der Waals surface area contributed by atoms with E-state index >= 15 is 0 Å². The molecule has 80 valence electrons. The van der Waals surface area contributed by atoms with E-state index in [9.17, 15) is 4.21 Å². The Morgan fingerprint density at radius 1 is 1.64 bits per heavy atom. The van der Waals surface area contributed by atoms with E-state index in [1.54, 1.807) is 13.2 Å². The number of aryl methyl sites for hydroxylation is 1. The average Bonchev–Trinajstić information content (AvgIpc) is 2.48. The molecule has 0 aliphatic rings. The van der Waals surface area contributed by atoms with Gasteiger partial charge >= 0.3 is 6.01 Å². The van der Waals surface area contributed by atoms with Crippen molar-refractivity contribution in [2.45, 2.75) is 26.3 Å². The van der Waals surface area contributed by atoms with Gasteiger partial charge in [0.2, 0.25) is 0 Å². The number of nitrogens with one attached hydrogen (secondary N) is 1. The number of aromatic nitrogens is 2. The molecule has 0 spiro atoms. The van der Waals surface area contributed by atoms with Gasteiger partial charge in [0.15, 0.2) is 5.82 Å². The van der Waals surface area contributed by atoms with Gasteiger partial charge in [0.05, 0.1) is 0 Å². The van der Waals surface area contributed by atoms with Crippen LogP contribution in [-0.2, 0) is 10.8 Å². The summed E-state index contributed by atoms with van der Waals surface area (Å²) in [5, 5.41) is 6.70. The highest BCUT2D eigenvalue weighted by Crippen LogP contribution is 2.06. The highest BCUT2D eigenvalue weighted by atomic mass is 32.2. The highest BCUT2D eigenvalue weighted by molar-refractivity contribution is 7.84. The van der Waals surface area contributed by atoms with Gasteiger partial charge in [0.1, 0.15) is 0 Å². The summed E-state index contributed by atoms with van der Waals surface area (Å²) >= 11 is 0. The molecule has 1 rings (SSSR count). The third-order valence-corrected chi connectivity index (χ3v) is 2.55. The summed E-state index contributed by atoms with van der Waals surface area (Å²) in [7, 11) is -0.746. The lowest BCUT2D eigenvalue weighted by molar-refractivity contribution is 0.421. The van der Waals surface area contributed by atoms with Gasteiger partial charge in [-0.25, -0.2) is 0 Å². The molecule has 5 nitrogen and oxygen atoms in total. The van der Waals surface area contributed by atoms with Gasteiger partial charge in [-0.3, -0.25) is 4.21 Å². The molecule has 2 unspecified atom stereocenters. The summed E-state index contributed by atoms with van der Waals surface area (Å²) in [5.41, 5.74) is 0. The fourth-order valence-electron chi connectivity index (χ4n) is 0.981. The summed E-state index contributed by atoms with van der Waals surface area (Å²) in [5.74, 6) is 1.29. The number of nitrogens with zero attached hydrogens (tertiary/aromatic N) is 2. The van der Waals surface area contributed by atoms with Crippen LogP contribution >= 0.6 is 0 Å². The largest absolute Gasteiger partial charge is 0.335 e. The molecular weight excluding hydrogens is 202 g/mol. The molecular formula is C8H15N3O2S. The molecule has 14 heavy (non-hydrogen) atoms. The van der Waals surface area contributed by atoms with E-state index in [0.29, 0.717) is 17.6 Å². The zero-order chi connectivity index (χ0) is 10.6. The quantitative estimate of drug-likeness (QED) is 0.795. The Hall–Kier alpha value is -0.910. The minimum absolute atomic E-state index is 0.193. The first-order valence-corrected chi connectivity index (χ1v) is 6.17. The molecule has 1 aromatic rings. The zero-order valence-electron chi connectivity index (χ0n) is 8.61. The summed E-state index contributed by atoms with van der Waals surface area (Å²) in [6.07, 6.45) is 2.52. The van der Waals surface area contributed by atoms with Crippen LogP contribution in [0.2, 0.25) is 0 Å². The van der Waals surface area contributed by atoms with Crippen molar-refractivity contribution in [2.75, 3.05) is 17.3 Å². The van der Waals surface area contributed by atoms with Crippen LogP contribution < -0.4 is 5.32 Å². The van der Waals surface area contributed by atoms with Crippen LogP contribution in [0.4, 0.5) is 6.01 Å². The van der Waals surface area contributed by atoms with E-state index in [0.717, 1.165) is 6.42 Å². The maximum absolute atomic E-state index is 10.8. The van der Waals surface area contributed by atoms with Crippen LogP contribution in [0, 0.1) is 6.92 Å². The molecule has 1 aromatic heterocycles. The summed E-state index contributed by atoms with van der Waals surface area (Å²) in [4.78, 5) is 4.01. The van der Waals surface area contributed by atoms with Crippen molar-refractivity contribution >= 4 is 16.8 Å². The second kappa shape index (κ2) is 5.09. The van der Waals surface area contributed by atoms with E-state index < -0.39 is 10.8 Å². The standard InChI is InChI=1S/C8H15N3O2S/c1-6(4-5-14(3)12)9-8-10-7(2)11-13-8/h6H,4-5H2,1-3H3,(H,9,10,11). The molecule has 6 heteroatoms. The molecule has 0 fully saturated rings. The van der Waals surface area contributed by atoms with Crippen molar-refractivity contribution in [2.24, 2.45) is 0 Å². The molecule has 0 amide bonds. The first-order chi connectivity index (χ1) is 6.58. The number of hydrogen-bond acceptors (Lipinski definition) is 5. The molecule has 0 aliphatic carbocycles. The Labute approximate surface area is 85.7 Å². The van der Waals surface area contributed by atoms with Crippen molar-refractivity contribution in [1.82, 2.24) is 10.1 Å². The second-order valence-corrected chi connectivity index (χ2v) is 4.81. The van der Waals surface area contributed by atoms with Crippen LogP contribution in [0.25, 0.3) is 0 Å². The van der Waals surface area contributed by atoms with Gasteiger partial charge < -0.3 is 9.84 Å². The number of anilines is 1. The molecule has 0 bridgehead atoms. The van der Waals surface area contributed by atoms with Crippen molar-refractivity contribution in [3.05, 3.63) is 5.82 Å². The van der Waals surface area contributed by atoms with E-state index in [2.05, 4.69) is 15.5 Å². The first kappa shape index (κ1) is 11.2. The average molecular weight is 217 g/mol. The molecule has 0 radical (unpaired) electrons. The van der Waals surface area contributed by atoms with E-state index in [-0.39, 0.29) is 6.04 Å². The summed E-state index contributed by atoms with van der Waals surface area (Å²) in [6, 6.07) is 0.621. The third kappa shape index (κ3) is 3.87. The van der Waals surface area contributed by atoms with Crippen LogP contribution in [0.3, 0.4) is 0 Å². The Morgan fingerprint density at radius 3 is 2.86 bits per heavy atom. The minimum Gasteiger partial charge on any atom is -0.335 e. The lowest BCUT2D eigenvalue weighted by Crippen LogP contribution is -2.18. The smallest absolute Gasteiger partial charge is 0.321 e. The molecule has 0 aromatic carbocycles. The van der Waals surface area contributed by atoms with Crippen LogP contribution in [-0.4, -0.2) is 32.4 Å². The van der Waals surface area contributed by atoms with Crippen LogP contribution in [0.1, 0.15) is 19.2 Å². The van der Waals surface area contributed by atoms with Crippen molar-refractivity contribution in [1.29, 1.82) is 0 Å². The molecule has 1 heterocycles. The zero-order valence-corrected chi connectivity index (χ0v) is 9.43. The molecule has 1 N–H and O–H groups in total. The first-order valence-electron chi connectivity index (χ1n) is 4.45. The van der Waals surface area contributed by atoms with Gasteiger partial charge in [0, 0.05) is 28.9 Å². The van der Waals surface area contributed by atoms with Crippen molar-refractivity contribution in [3.8, 4) is 0 Å². The maximum Gasteiger partial charge on any atom is 0.321 e. The fourth-order valence-corrected chi connectivity index (χ4v) is 1.67. The lowest BCUT2D eigenvalue weighted by Gasteiger charge is -2.09. The minimum atomic E-state index is -0.746. The predicted molar refractivity (Wildman–Crippen MR) is 55.7 cm³/mol. The van der Waals surface area contributed by atoms with Gasteiger partial charge in [-0.15, -0.1) is 0 Å². The second-order valence-electron chi connectivity index (χ2n) is 3.26. The van der Waals surface area contributed by atoms with E-state index in [1.165, 1.54) is 0 Å². The molecule has 0 saturated heterocycles. The van der Waals surface area contributed by atoms with Crippen molar-refractivity contribution in [3.63, 3.8) is 0 Å². The van der Waals surface area contributed by atoms with Crippen LogP contribution in [0.5, 0.6) is 0 Å². The Balaban J connectivity index is 2.33. The highest BCUT2D eigenvalue weighted by Gasteiger charge is 2.07. The Morgan fingerprint density at radius 2 is 2.36 bits per heavy atom. The molecule has 0 aliphatic heterocycles. The SMILES string of the molecule is Cc1noc(NC(C)CCS(C)=O)n1. The van der Waals surface area contributed by atoms with Gasteiger partial charge in [-0.1, -0.05) is 5.16 Å². The van der Waals surface area contributed by atoms with Gasteiger partial charge in [-0.05, 0) is 20.3 Å². The summed E-state index contributed by atoms with van der Waals surface area (Å²) < 4.78 is 15.7. The van der Waals surface area contributed by atoms with Crippen LogP contribution in [0.15, 0.2) is 4.52 Å². The van der Waals surface area contributed by atoms with Gasteiger partial charge in [-0.2, -0.15) is 4.98 Å². The third-order valence-electron chi connectivity index (χ3n) is 1.74. The maximum atomic E-state index is 10.8. The van der Waals surface area contributed by atoms with E-state index in [1.807, 2.05) is 6.92 Å². The topological polar surface area (TPSA) is 68.0 Å². The number of rotatable bonds is 5. The monoisotopic (exact) mass is 217 g/mol. The van der Waals surface area contributed by atoms with Crippen molar-refractivity contribution < 1.29 is 8.73 Å². The normalized spacial score (nSPS) is 15.1. The molecule has 2 atom stereocenters. The fraction of sp³-hybridized carbons (Fsp3) is 0.750.